The van der Waals surface area contributed by atoms with Gasteiger partial charge in [0.1, 0.15) is 11.4 Å². The molecular formula is C15H22FNO. The SMILES string of the molecule is COc1cc(C)cc(C)c1C1(F)CCC(N)CC1. The Morgan fingerprint density at radius 1 is 1.28 bits per heavy atom. The summed E-state index contributed by atoms with van der Waals surface area (Å²) in [6.45, 7) is 3.96. The van der Waals surface area contributed by atoms with Gasteiger partial charge in [-0.3, -0.25) is 0 Å². The van der Waals surface area contributed by atoms with Gasteiger partial charge in [-0.25, -0.2) is 4.39 Å². The molecule has 2 rings (SSSR count). The van der Waals surface area contributed by atoms with Gasteiger partial charge in [-0.05, 0) is 56.7 Å². The number of hydrogen-bond acceptors (Lipinski definition) is 2. The highest BCUT2D eigenvalue weighted by atomic mass is 19.1. The average Bonchev–Trinajstić information content (AvgIpc) is 2.32. The van der Waals surface area contributed by atoms with Gasteiger partial charge in [-0.2, -0.15) is 0 Å². The monoisotopic (exact) mass is 251 g/mol. The van der Waals surface area contributed by atoms with Crippen molar-refractivity contribution in [3.8, 4) is 5.75 Å². The molecule has 3 heteroatoms. The largest absolute Gasteiger partial charge is 0.496 e. The van der Waals surface area contributed by atoms with E-state index in [1.807, 2.05) is 26.0 Å². The van der Waals surface area contributed by atoms with E-state index in [-0.39, 0.29) is 6.04 Å². The van der Waals surface area contributed by atoms with E-state index in [1.165, 1.54) is 0 Å². The zero-order valence-corrected chi connectivity index (χ0v) is 11.4. The van der Waals surface area contributed by atoms with Crippen molar-refractivity contribution < 1.29 is 9.13 Å². The minimum absolute atomic E-state index is 0.144. The van der Waals surface area contributed by atoms with E-state index < -0.39 is 5.67 Å². The molecule has 0 aromatic heterocycles. The fourth-order valence-corrected chi connectivity index (χ4v) is 3.01. The minimum atomic E-state index is -1.28. The van der Waals surface area contributed by atoms with Gasteiger partial charge in [0.25, 0.3) is 0 Å². The fourth-order valence-electron chi connectivity index (χ4n) is 3.01. The molecule has 0 aliphatic heterocycles. The van der Waals surface area contributed by atoms with Crippen LogP contribution in [0.15, 0.2) is 12.1 Å². The van der Waals surface area contributed by atoms with Crippen molar-refractivity contribution >= 4 is 0 Å². The van der Waals surface area contributed by atoms with E-state index in [0.717, 1.165) is 29.5 Å². The Hall–Kier alpha value is -1.09. The summed E-state index contributed by atoms with van der Waals surface area (Å²) in [6.07, 6.45) is 2.47. The van der Waals surface area contributed by atoms with Gasteiger partial charge in [0.15, 0.2) is 0 Å². The Morgan fingerprint density at radius 3 is 2.44 bits per heavy atom. The van der Waals surface area contributed by atoms with Crippen LogP contribution in [0.4, 0.5) is 4.39 Å². The molecule has 2 nitrogen and oxygen atoms in total. The molecule has 0 bridgehead atoms. The molecule has 1 aromatic carbocycles. The van der Waals surface area contributed by atoms with E-state index >= 15 is 4.39 Å². The van der Waals surface area contributed by atoms with Crippen molar-refractivity contribution in [2.75, 3.05) is 7.11 Å². The molecule has 1 fully saturated rings. The van der Waals surface area contributed by atoms with Gasteiger partial charge < -0.3 is 10.5 Å². The normalized spacial score (nSPS) is 28.2. The Kier molecular flexibility index (Phi) is 3.62. The van der Waals surface area contributed by atoms with Crippen LogP contribution in [-0.4, -0.2) is 13.2 Å². The van der Waals surface area contributed by atoms with Crippen LogP contribution in [0, 0.1) is 13.8 Å². The lowest BCUT2D eigenvalue weighted by atomic mass is 9.77. The van der Waals surface area contributed by atoms with Crippen LogP contribution in [0.1, 0.15) is 42.4 Å². The van der Waals surface area contributed by atoms with Gasteiger partial charge in [0.2, 0.25) is 0 Å². The lowest BCUT2D eigenvalue weighted by Gasteiger charge is -2.34. The van der Waals surface area contributed by atoms with Gasteiger partial charge in [0.05, 0.1) is 7.11 Å². The molecule has 1 aromatic rings. The molecule has 0 saturated heterocycles. The molecule has 0 radical (unpaired) electrons. The van der Waals surface area contributed by atoms with Crippen molar-refractivity contribution in [3.63, 3.8) is 0 Å². The van der Waals surface area contributed by atoms with Crippen LogP contribution in [0.5, 0.6) is 5.75 Å². The summed E-state index contributed by atoms with van der Waals surface area (Å²) in [6, 6.07) is 4.08. The van der Waals surface area contributed by atoms with Crippen molar-refractivity contribution in [2.24, 2.45) is 5.73 Å². The molecule has 100 valence electrons. The summed E-state index contributed by atoms with van der Waals surface area (Å²) in [5.41, 5.74) is 7.39. The molecule has 2 N–H and O–H groups in total. The van der Waals surface area contributed by atoms with Crippen LogP contribution in [0.25, 0.3) is 0 Å². The second-order valence-electron chi connectivity index (χ2n) is 5.46. The maximum atomic E-state index is 15.2. The number of aryl methyl sites for hydroxylation is 2. The first-order valence-corrected chi connectivity index (χ1v) is 6.56. The fraction of sp³-hybridized carbons (Fsp3) is 0.600. The third kappa shape index (κ3) is 2.37. The van der Waals surface area contributed by atoms with E-state index in [2.05, 4.69) is 0 Å². The van der Waals surface area contributed by atoms with Crippen molar-refractivity contribution in [2.45, 2.75) is 51.2 Å². The number of halogens is 1. The van der Waals surface area contributed by atoms with Crippen LogP contribution in [0.3, 0.4) is 0 Å². The minimum Gasteiger partial charge on any atom is -0.496 e. The highest BCUT2D eigenvalue weighted by molar-refractivity contribution is 5.47. The third-order valence-electron chi connectivity index (χ3n) is 3.93. The Balaban J connectivity index is 2.43. The number of alkyl halides is 1. The van der Waals surface area contributed by atoms with E-state index in [1.54, 1.807) is 7.11 Å². The van der Waals surface area contributed by atoms with E-state index in [4.69, 9.17) is 10.5 Å². The standard InChI is InChI=1S/C15H22FNO/c1-10-8-11(2)14(13(9-10)18-3)15(16)6-4-12(17)5-7-15/h8-9,12H,4-7,17H2,1-3H3. The molecule has 0 amide bonds. The van der Waals surface area contributed by atoms with Crippen LogP contribution < -0.4 is 10.5 Å². The Labute approximate surface area is 108 Å². The molecule has 0 spiro atoms. The summed E-state index contributed by atoms with van der Waals surface area (Å²) in [5.74, 6) is 0.672. The average molecular weight is 251 g/mol. The highest BCUT2D eigenvalue weighted by Gasteiger charge is 2.39. The summed E-state index contributed by atoms with van der Waals surface area (Å²) in [5, 5.41) is 0. The lowest BCUT2D eigenvalue weighted by Crippen LogP contribution is -2.34. The Morgan fingerprint density at radius 2 is 1.89 bits per heavy atom. The number of benzene rings is 1. The first-order chi connectivity index (χ1) is 8.46. The summed E-state index contributed by atoms with van der Waals surface area (Å²) < 4.78 is 20.6. The van der Waals surface area contributed by atoms with Crippen LogP contribution in [-0.2, 0) is 5.67 Å². The van der Waals surface area contributed by atoms with Gasteiger partial charge in [-0.15, -0.1) is 0 Å². The zero-order chi connectivity index (χ0) is 13.3. The smallest absolute Gasteiger partial charge is 0.139 e. The Bertz CT molecular complexity index is 436. The third-order valence-corrected chi connectivity index (χ3v) is 3.93. The molecule has 0 heterocycles. The topological polar surface area (TPSA) is 35.2 Å². The van der Waals surface area contributed by atoms with Crippen LogP contribution in [0.2, 0.25) is 0 Å². The predicted molar refractivity (Wildman–Crippen MR) is 71.7 cm³/mol. The molecule has 18 heavy (non-hydrogen) atoms. The van der Waals surface area contributed by atoms with Crippen molar-refractivity contribution in [3.05, 3.63) is 28.8 Å². The maximum absolute atomic E-state index is 15.2. The number of ether oxygens (including phenoxy) is 1. The highest BCUT2D eigenvalue weighted by Crippen LogP contribution is 2.45. The van der Waals surface area contributed by atoms with Gasteiger partial charge >= 0.3 is 0 Å². The van der Waals surface area contributed by atoms with Crippen molar-refractivity contribution in [1.29, 1.82) is 0 Å². The lowest BCUT2D eigenvalue weighted by molar-refractivity contribution is 0.0938. The number of nitrogens with two attached hydrogens (primary N) is 1. The quantitative estimate of drug-likeness (QED) is 0.874. The summed E-state index contributed by atoms with van der Waals surface area (Å²) in [7, 11) is 1.61. The first-order valence-electron chi connectivity index (χ1n) is 6.56. The molecule has 0 atom stereocenters. The molecular weight excluding hydrogens is 229 g/mol. The van der Waals surface area contributed by atoms with Crippen molar-refractivity contribution in [1.82, 2.24) is 0 Å². The zero-order valence-electron chi connectivity index (χ0n) is 11.4. The first kappa shape index (κ1) is 13.3. The molecule has 1 aliphatic rings. The number of hydrogen-bond donors (Lipinski definition) is 1. The van der Waals surface area contributed by atoms with E-state index in [0.29, 0.717) is 18.6 Å². The van der Waals surface area contributed by atoms with Gasteiger partial charge in [0, 0.05) is 11.6 Å². The van der Waals surface area contributed by atoms with Gasteiger partial charge in [-0.1, -0.05) is 6.07 Å². The van der Waals surface area contributed by atoms with E-state index in [9.17, 15) is 0 Å². The molecule has 1 saturated carbocycles. The predicted octanol–water partition coefficient (Wildman–Crippen LogP) is 3.38. The molecule has 1 aliphatic carbocycles. The summed E-state index contributed by atoms with van der Waals surface area (Å²) >= 11 is 0. The second-order valence-corrected chi connectivity index (χ2v) is 5.46. The second kappa shape index (κ2) is 4.88. The maximum Gasteiger partial charge on any atom is 0.139 e. The number of rotatable bonds is 2. The summed E-state index contributed by atoms with van der Waals surface area (Å²) in [4.78, 5) is 0. The number of methoxy groups -OCH3 is 1. The molecule has 0 unspecified atom stereocenters. The van der Waals surface area contributed by atoms with Crippen LogP contribution >= 0.6 is 0 Å².